The van der Waals surface area contributed by atoms with Crippen molar-refractivity contribution in [1.29, 1.82) is 0 Å². The topological polar surface area (TPSA) is 80.0 Å². The van der Waals surface area contributed by atoms with E-state index in [9.17, 15) is 4.79 Å². The van der Waals surface area contributed by atoms with Crippen molar-refractivity contribution in [3.8, 4) is 0 Å². The Morgan fingerprint density at radius 3 is 2.67 bits per heavy atom. The van der Waals surface area contributed by atoms with Crippen molar-refractivity contribution in [1.82, 2.24) is 9.69 Å². The Bertz CT molecular complexity index is 803. The number of carbonyl (C=O) groups excluding carboxylic acids is 1. The van der Waals surface area contributed by atoms with Crippen LogP contribution in [0.2, 0.25) is 0 Å². The van der Waals surface area contributed by atoms with Gasteiger partial charge in [0.2, 0.25) is 5.91 Å². The summed E-state index contributed by atoms with van der Waals surface area (Å²) < 4.78 is 5.59. The molecule has 124 valence electrons. The molecule has 4 N–H and O–H groups in total. The first-order chi connectivity index (χ1) is 11.8. The fraction of sp³-hybridized carbons (Fsp3) is 0.222. The average molecular weight is 340 g/mol. The van der Waals surface area contributed by atoms with Crippen molar-refractivity contribution in [3.63, 3.8) is 0 Å². The first kappa shape index (κ1) is 16.4. The van der Waals surface area contributed by atoms with E-state index in [2.05, 4.69) is 27.1 Å². The van der Waals surface area contributed by atoms with Gasteiger partial charge in [0.05, 0.1) is 4.70 Å². The first-order valence-electron chi connectivity index (χ1n) is 7.92. The number of amides is 1. The predicted octanol–water partition coefficient (Wildman–Crippen LogP) is 2.91. The molecule has 0 spiro atoms. The van der Waals surface area contributed by atoms with Crippen molar-refractivity contribution < 1.29 is 4.79 Å². The Hall–Kier alpha value is -2.44. The molecule has 2 aromatic carbocycles. The lowest BCUT2D eigenvalue weighted by Gasteiger charge is -2.12. The molecular formula is C18H20N4OS. The molecule has 0 saturated carbocycles. The molecule has 1 atom stereocenters. The lowest BCUT2D eigenvalue weighted by Crippen LogP contribution is -2.35. The molecule has 1 heterocycles. The fourth-order valence-electron chi connectivity index (χ4n) is 2.44. The normalized spacial score (nSPS) is 12.0. The summed E-state index contributed by atoms with van der Waals surface area (Å²) in [5.74, 6) is 0.753. The third kappa shape index (κ3) is 3.90. The second kappa shape index (κ2) is 7.90. The van der Waals surface area contributed by atoms with Crippen LogP contribution in [-0.2, 0) is 4.79 Å². The number of nitrogens with zero attached hydrogens (tertiary/aromatic N) is 1. The number of nitrogens with one attached hydrogen (secondary N) is 2. The molecule has 0 saturated heterocycles. The largest absolute Gasteiger partial charge is 0.369 e. The number of rotatable bonds is 7. The summed E-state index contributed by atoms with van der Waals surface area (Å²) in [6, 6.07) is 16.9. The van der Waals surface area contributed by atoms with E-state index in [0.717, 1.165) is 29.7 Å². The molecule has 0 unspecified atom stereocenters. The Kier molecular flexibility index (Phi) is 5.40. The maximum atomic E-state index is 12.0. The molecule has 0 aliphatic rings. The molecular weight excluding hydrogens is 320 g/mol. The SMILES string of the molecule is N[C@H](C(=O)NCCCNc1nsc2ccccc12)c1ccccc1. The van der Waals surface area contributed by atoms with Gasteiger partial charge < -0.3 is 16.4 Å². The van der Waals surface area contributed by atoms with Gasteiger partial charge in [0.15, 0.2) is 0 Å². The van der Waals surface area contributed by atoms with E-state index in [-0.39, 0.29) is 5.91 Å². The third-order valence-electron chi connectivity index (χ3n) is 3.76. The van der Waals surface area contributed by atoms with Crippen molar-refractivity contribution in [2.75, 3.05) is 18.4 Å². The highest BCUT2D eigenvalue weighted by Gasteiger charge is 2.14. The Morgan fingerprint density at radius 1 is 1.08 bits per heavy atom. The van der Waals surface area contributed by atoms with Crippen LogP contribution in [0, 0.1) is 0 Å². The summed E-state index contributed by atoms with van der Waals surface area (Å²) in [5.41, 5.74) is 6.78. The maximum Gasteiger partial charge on any atom is 0.241 e. The lowest BCUT2D eigenvalue weighted by atomic mass is 10.1. The number of nitrogens with two attached hydrogens (primary N) is 1. The summed E-state index contributed by atoms with van der Waals surface area (Å²) in [4.78, 5) is 12.0. The quantitative estimate of drug-likeness (QED) is 0.578. The van der Waals surface area contributed by atoms with E-state index in [1.54, 1.807) is 0 Å². The van der Waals surface area contributed by atoms with Crippen LogP contribution >= 0.6 is 11.5 Å². The van der Waals surface area contributed by atoms with Crippen LogP contribution < -0.4 is 16.4 Å². The van der Waals surface area contributed by atoms with Crippen LogP contribution in [0.5, 0.6) is 0 Å². The van der Waals surface area contributed by atoms with Gasteiger partial charge in [0.1, 0.15) is 11.9 Å². The first-order valence-corrected chi connectivity index (χ1v) is 8.69. The molecule has 0 aliphatic carbocycles. The van der Waals surface area contributed by atoms with Crippen molar-refractivity contribution in [2.24, 2.45) is 5.73 Å². The van der Waals surface area contributed by atoms with E-state index in [0.29, 0.717) is 6.54 Å². The van der Waals surface area contributed by atoms with E-state index >= 15 is 0 Å². The molecule has 5 nitrogen and oxygen atoms in total. The summed E-state index contributed by atoms with van der Waals surface area (Å²) >= 11 is 1.49. The molecule has 24 heavy (non-hydrogen) atoms. The Balaban J connectivity index is 1.42. The average Bonchev–Trinajstić information content (AvgIpc) is 3.04. The zero-order chi connectivity index (χ0) is 16.8. The zero-order valence-electron chi connectivity index (χ0n) is 13.2. The molecule has 0 aliphatic heterocycles. The van der Waals surface area contributed by atoms with E-state index in [1.165, 1.54) is 16.2 Å². The van der Waals surface area contributed by atoms with Gasteiger partial charge in [0.25, 0.3) is 0 Å². The minimum atomic E-state index is -0.623. The van der Waals surface area contributed by atoms with E-state index in [1.807, 2.05) is 42.5 Å². The van der Waals surface area contributed by atoms with Gasteiger partial charge >= 0.3 is 0 Å². The van der Waals surface area contributed by atoms with Gasteiger partial charge in [-0.25, -0.2) is 0 Å². The molecule has 3 rings (SSSR count). The Labute approximate surface area is 145 Å². The molecule has 0 bridgehead atoms. The molecule has 6 heteroatoms. The molecule has 0 fully saturated rings. The summed E-state index contributed by atoms with van der Waals surface area (Å²) in [6.07, 6.45) is 0.805. The third-order valence-corrected chi connectivity index (χ3v) is 4.59. The fourth-order valence-corrected chi connectivity index (χ4v) is 3.20. The number of benzene rings is 2. The van der Waals surface area contributed by atoms with Crippen LogP contribution in [0.4, 0.5) is 5.82 Å². The number of anilines is 1. The number of carbonyl (C=O) groups is 1. The van der Waals surface area contributed by atoms with Crippen LogP contribution in [0.25, 0.3) is 10.1 Å². The van der Waals surface area contributed by atoms with Gasteiger partial charge in [-0.1, -0.05) is 42.5 Å². The highest BCUT2D eigenvalue weighted by Crippen LogP contribution is 2.25. The lowest BCUT2D eigenvalue weighted by molar-refractivity contribution is -0.122. The highest BCUT2D eigenvalue weighted by molar-refractivity contribution is 7.13. The van der Waals surface area contributed by atoms with Gasteiger partial charge in [-0.3, -0.25) is 4.79 Å². The molecule has 3 aromatic rings. The van der Waals surface area contributed by atoms with Gasteiger partial charge in [0, 0.05) is 18.5 Å². The van der Waals surface area contributed by atoms with Crippen molar-refractivity contribution in [2.45, 2.75) is 12.5 Å². The van der Waals surface area contributed by atoms with Gasteiger partial charge in [-0.2, -0.15) is 4.37 Å². The highest BCUT2D eigenvalue weighted by atomic mass is 32.1. The molecule has 1 aromatic heterocycles. The van der Waals surface area contributed by atoms with Crippen molar-refractivity contribution >= 4 is 33.3 Å². The summed E-state index contributed by atoms with van der Waals surface area (Å²) in [6.45, 7) is 1.32. The smallest absolute Gasteiger partial charge is 0.241 e. The minimum absolute atomic E-state index is 0.152. The van der Waals surface area contributed by atoms with Crippen LogP contribution in [0.3, 0.4) is 0 Å². The molecule has 1 amide bonds. The monoisotopic (exact) mass is 340 g/mol. The van der Waals surface area contributed by atoms with Gasteiger partial charge in [-0.05, 0) is 35.6 Å². The van der Waals surface area contributed by atoms with Crippen molar-refractivity contribution in [3.05, 3.63) is 60.2 Å². The Morgan fingerprint density at radius 2 is 1.83 bits per heavy atom. The van der Waals surface area contributed by atoms with E-state index in [4.69, 9.17) is 5.73 Å². The number of hydrogen-bond donors (Lipinski definition) is 3. The zero-order valence-corrected chi connectivity index (χ0v) is 14.1. The van der Waals surface area contributed by atoms with Crippen LogP contribution in [-0.4, -0.2) is 23.4 Å². The summed E-state index contributed by atoms with van der Waals surface area (Å²) in [5, 5.41) is 7.33. The number of hydrogen-bond acceptors (Lipinski definition) is 5. The number of aromatic nitrogens is 1. The second-order valence-corrected chi connectivity index (χ2v) is 6.29. The number of fused-ring (bicyclic) bond motifs is 1. The van der Waals surface area contributed by atoms with Gasteiger partial charge in [-0.15, -0.1) is 0 Å². The summed E-state index contributed by atoms with van der Waals surface area (Å²) in [7, 11) is 0. The minimum Gasteiger partial charge on any atom is -0.369 e. The predicted molar refractivity (Wildman–Crippen MR) is 99.1 cm³/mol. The maximum absolute atomic E-state index is 12.0. The molecule has 0 radical (unpaired) electrons. The van der Waals surface area contributed by atoms with E-state index < -0.39 is 6.04 Å². The van der Waals surface area contributed by atoms with Crippen LogP contribution in [0.15, 0.2) is 54.6 Å². The van der Waals surface area contributed by atoms with Crippen LogP contribution in [0.1, 0.15) is 18.0 Å². The second-order valence-electron chi connectivity index (χ2n) is 5.49. The standard InChI is InChI=1S/C18H20N4OS/c19-16(13-7-2-1-3-8-13)18(23)21-12-6-11-20-17-14-9-4-5-10-15(14)24-22-17/h1-5,7-10,16H,6,11-12,19H2,(H,20,22)(H,21,23)/t16-/m0/s1.